The van der Waals surface area contributed by atoms with Gasteiger partial charge in [0, 0.05) is 41.1 Å². The van der Waals surface area contributed by atoms with Gasteiger partial charge in [0.15, 0.2) is 0 Å². The molecule has 2 unspecified atom stereocenters. The molecule has 1 aliphatic rings. The predicted molar refractivity (Wildman–Crippen MR) is 79.7 cm³/mol. The van der Waals surface area contributed by atoms with Crippen LogP contribution in [0.3, 0.4) is 0 Å². The summed E-state index contributed by atoms with van der Waals surface area (Å²) in [6, 6.07) is 6.15. The summed E-state index contributed by atoms with van der Waals surface area (Å²) in [5, 5.41) is 0.255. The maximum Gasteiger partial charge on any atom is 0.0477 e. The molecule has 19 heavy (non-hydrogen) atoms. The van der Waals surface area contributed by atoms with Crippen molar-refractivity contribution in [2.75, 3.05) is 19.0 Å². The van der Waals surface area contributed by atoms with Crippen LogP contribution in [0, 0.1) is 13.8 Å². The van der Waals surface area contributed by atoms with Gasteiger partial charge in [-0.15, -0.1) is 0 Å². The van der Waals surface area contributed by atoms with Crippen molar-refractivity contribution in [3.05, 3.63) is 34.9 Å². The Bertz CT molecular complexity index is 455. The average molecular weight is 281 g/mol. The van der Waals surface area contributed by atoms with Crippen molar-refractivity contribution in [1.82, 2.24) is 0 Å². The van der Waals surface area contributed by atoms with Crippen molar-refractivity contribution < 1.29 is 8.95 Å². The van der Waals surface area contributed by atoms with Crippen LogP contribution in [-0.2, 0) is 15.5 Å². The highest BCUT2D eigenvalue weighted by Crippen LogP contribution is 2.21. The maximum absolute atomic E-state index is 12.4. The van der Waals surface area contributed by atoms with Crippen LogP contribution in [-0.4, -0.2) is 28.4 Å². The lowest BCUT2D eigenvalue weighted by Gasteiger charge is -2.23. The summed E-state index contributed by atoms with van der Waals surface area (Å²) in [4.78, 5) is 0. The van der Waals surface area contributed by atoms with E-state index >= 15 is 0 Å². The van der Waals surface area contributed by atoms with Crippen molar-refractivity contribution in [2.24, 2.45) is 5.73 Å². The first-order valence-electron chi connectivity index (χ1n) is 6.85. The molecule has 2 rings (SSSR count). The summed E-state index contributed by atoms with van der Waals surface area (Å²) in [5.74, 6) is 0.551. The molecule has 1 saturated heterocycles. The maximum atomic E-state index is 12.4. The highest BCUT2D eigenvalue weighted by Gasteiger charge is 2.22. The minimum Gasteiger partial charge on any atom is -0.381 e. The summed E-state index contributed by atoms with van der Waals surface area (Å²) in [5.41, 5.74) is 9.76. The number of rotatable bonds is 4. The fourth-order valence-corrected chi connectivity index (χ4v) is 4.02. The van der Waals surface area contributed by atoms with E-state index in [-0.39, 0.29) is 11.3 Å². The van der Waals surface area contributed by atoms with Gasteiger partial charge in [0.2, 0.25) is 0 Å². The molecule has 2 N–H and O–H groups in total. The van der Waals surface area contributed by atoms with E-state index in [0.717, 1.165) is 31.6 Å². The van der Waals surface area contributed by atoms with E-state index in [1.54, 1.807) is 0 Å². The molecule has 0 amide bonds. The molecular weight excluding hydrogens is 258 g/mol. The highest BCUT2D eigenvalue weighted by molar-refractivity contribution is 7.85. The van der Waals surface area contributed by atoms with Crippen molar-refractivity contribution in [3.63, 3.8) is 0 Å². The third-order valence-corrected chi connectivity index (χ3v) is 5.62. The smallest absolute Gasteiger partial charge is 0.0477 e. The number of nitrogens with two attached hydrogens (primary N) is 1. The molecule has 1 aromatic carbocycles. The minimum absolute atomic E-state index is 0.136. The van der Waals surface area contributed by atoms with E-state index in [0.29, 0.717) is 5.75 Å². The van der Waals surface area contributed by atoms with E-state index in [1.165, 1.54) is 11.1 Å². The van der Waals surface area contributed by atoms with Crippen LogP contribution in [0.4, 0.5) is 0 Å². The molecule has 0 aliphatic carbocycles. The first-order valence-corrected chi connectivity index (χ1v) is 8.24. The molecule has 0 aromatic heterocycles. The molecule has 0 spiro atoms. The van der Waals surface area contributed by atoms with Crippen molar-refractivity contribution >= 4 is 10.8 Å². The minimum atomic E-state index is -0.857. The van der Waals surface area contributed by atoms with Crippen molar-refractivity contribution in [1.29, 1.82) is 0 Å². The summed E-state index contributed by atoms with van der Waals surface area (Å²) in [6.07, 6.45) is 1.79. The lowest BCUT2D eigenvalue weighted by atomic mass is 10.0. The topological polar surface area (TPSA) is 52.3 Å². The molecule has 3 nitrogen and oxygen atoms in total. The van der Waals surface area contributed by atoms with Crippen LogP contribution in [0.5, 0.6) is 0 Å². The number of aryl methyl sites for hydroxylation is 2. The Morgan fingerprint density at radius 3 is 2.74 bits per heavy atom. The van der Waals surface area contributed by atoms with Crippen molar-refractivity contribution in [3.8, 4) is 0 Å². The molecule has 106 valence electrons. The van der Waals surface area contributed by atoms with Crippen LogP contribution < -0.4 is 5.73 Å². The fourth-order valence-electron chi connectivity index (χ4n) is 2.50. The third-order valence-electron chi connectivity index (χ3n) is 3.72. The zero-order valence-electron chi connectivity index (χ0n) is 11.7. The van der Waals surface area contributed by atoms with E-state index in [9.17, 15) is 4.21 Å². The molecular formula is C15H23NO2S. The van der Waals surface area contributed by atoms with Gasteiger partial charge in [-0.1, -0.05) is 23.8 Å². The average Bonchev–Trinajstić information content (AvgIpc) is 2.42. The Hall–Kier alpha value is -0.710. The van der Waals surface area contributed by atoms with E-state index in [4.69, 9.17) is 10.5 Å². The van der Waals surface area contributed by atoms with E-state index in [1.807, 2.05) is 0 Å². The summed E-state index contributed by atoms with van der Waals surface area (Å²) < 4.78 is 17.7. The Morgan fingerprint density at radius 1 is 1.37 bits per heavy atom. The van der Waals surface area contributed by atoms with Gasteiger partial charge in [-0.2, -0.15) is 0 Å². The highest BCUT2D eigenvalue weighted by atomic mass is 32.2. The Kier molecular flexibility index (Phi) is 5.13. The molecule has 0 radical (unpaired) electrons. The zero-order valence-corrected chi connectivity index (χ0v) is 12.5. The SMILES string of the molecule is Cc1ccc(C)c(C(N)CS(=O)C2CCOCC2)c1. The molecule has 4 heteroatoms. The molecule has 1 aromatic rings. The van der Waals surface area contributed by atoms with E-state index < -0.39 is 10.8 Å². The number of hydrogen-bond donors (Lipinski definition) is 1. The van der Waals surface area contributed by atoms with Gasteiger partial charge in [0.25, 0.3) is 0 Å². The fraction of sp³-hybridized carbons (Fsp3) is 0.600. The summed E-state index contributed by atoms with van der Waals surface area (Å²) >= 11 is 0. The Balaban J connectivity index is 2.01. The number of benzene rings is 1. The van der Waals surface area contributed by atoms with Gasteiger partial charge in [0.1, 0.15) is 0 Å². The summed E-state index contributed by atoms with van der Waals surface area (Å²) in [6.45, 7) is 5.58. The molecule has 0 bridgehead atoms. The number of ether oxygens (including phenoxy) is 1. The van der Waals surface area contributed by atoms with E-state index in [2.05, 4.69) is 32.0 Å². The van der Waals surface area contributed by atoms with Crippen LogP contribution in [0.25, 0.3) is 0 Å². The van der Waals surface area contributed by atoms with Crippen molar-refractivity contribution in [2.45, 2.75) is 38.0 Å². The largest absolute Gasteiger partial charge is 0.381 e. The molecule has 1 fully saturated rings. The monoisotopic (exact) mass is 281 g/mol. The van der Waals surface area contributed by atoms with Gasteiger partial charge in [-0.25, -0.2) is 0 Å². The van der Waals surface area contributed by atoms with Gasteiger partial charge < -0.3 is 10.5 Å². The van der Waals surface area contributed by atoms with Gasteiger partial charge in [-0.05, 0) is 37.8 Å². The summed E-state index contributed by atoms with van der Waals surface area (Å²) in [7, 11) is -0.857. The van der Waals surface area contributed by atoms with Crippen LogP contribution in [0.2, 0.25) is 0 Å². The lowest BCUT2D eigenvalue weighted by Crippen LogP contribution is -2.30. The standard InChI is InChI=1S/C15H23NO2S/c1-11-3-4-12(2)14(9-11)15(16)10-19(17)13-5-7-18-8-6-13/h3-4,9,13,15H,5-8,10,16H2,1-2H3. The molecule has 0 saturated carbocycles. The Morgan fingerprint density at radius 2 is 2.05 bits per heavy atom. The van der Waals surface area contributed by atoms with Gasteiger partial charge >= 0.3 is 0 Å². The van der Waals surface area contributed by atoms with Gasteiger partial charge in [0.05, 0.1) is 0 Å². The normalized spacial score (nSPS) is 20.2. The Labute approximate surface area is 118 Å². The van der Waals surface area contributed by atoms with Gasteiger partial charge in [-0.3, -0.25) is 4.21 Å². The number of hydrogen-bond acceptors (Lipinski definition) is 3. The van der Waals surface area contributed by atoms with Crippen LogP contribution in [0.15, 0.2) is 18.2 Å². The van der Waals surface area contributed by atoms with Crippen LogP contribution >= 0.6 is 0 Å². The third kappa shape index (κ3) is 3.88. The lowest BCUT2D eigenvalue weighted by molar-refractivity contribution is 0.0992. The predicted octanol–water partition coefficient (Wildman–Crippen LogP) is 2.23. The first-order chi connectivity index (χ1) is 9.08. The second kappa shape index (κ2) is 6.64. The molecule has 2 atom stereocenters. The van der Waals surface area contributed by atoms with Crippen LogP contribution in [0.1, 0.15) is 35.6 Å². The second-order valence-corrected chi connectivity index (χ2v) is 7.09. The molecule has 1 aliphatic heterocycles. The quantitative estimate of drug-likeness (QED) is 0.921. The first kappa shape index (κ1) is 14.7. The second-order valence-electron chi connectivity index (χ2n) is 5.33. The zero-order chi connectivity index (χ0) is 13.8. The molecule has 1 heterocycles.